The SMILES string of the molecule is CCCCCC(C)C(C)(Nc1ccc(C2=C(C#N)C(=C(C#N)C#N)NC2=O)cc1)C(CCCC)CCCC. The fourth-order valence-electron chi connectivity index (χ4n) is 5.49. The number of nitrogens with zero attached hydrogens (tertiary/aromatic N) is 3. The number of allylic oxidation sites excluding steroid dienone is 2. The Morgan fingerprint density at radius 2 is 1.50 bits per heavy atom. The van der Waals surface area contributed by atoms with E-state index in [9.17, 15) is 20.6 Å². The molecule has 0 saturated carbocycles. The molecule has 1 aromatic carbocycles. The van der Waals surface area contributed by atoms with Crippen LogP contribution in [0.15, 0.2) is 41.1 Å². The van der Waals surface area contributed by atoms with Crippen LogP contribution in [0, 0.1) is 45.8 Å². The van der Waals surface area contributed by atoms with Crippen molar-refractivity contribution in [2.24, 2.45) is 11.8 Å². The van der Waals surface area contributed by atoms with Crippen molar-refractivity contribution in [3.05, 3.63) is 46.7 Å². The van der Waals surface area contributed by atoms with Gasteiger partial charge in [-0.1, -0.05) is 84.8 Å². The maximum atomic E-state index is 12.7. The van der Waals surface area contributed by atoms with E-state index in [4.69, 9.17) is 0 Å². The van der Waals surface area contributed by atoms with Crippen LogP contribution in [0.5, 0.6) is 0 Å². The molecule has 1 heterocycles. The van der Waals surface area contributed by atoms with Crippen molar-refractivity contribution in [2.45, 2.75) is 104 Å². The van der Waals surface area contributed by atoms with Crippen molar-refractivity contribution < 1.29 is 4.79 Å². The van der Waals surface area contributed by atoms with Crippen molar-refractivity contribution in [1.82, 2.24) is 5.32 Å². The third-order valence-corrected chi connectivity index (χ3v) is 8.06. The molecule has 0 aromatic heterocycles. The second-order valence-electron chi connectivity index (χ2n) is 10.7. The van der Waals surface area contributed by atoms with Gasteiger partial charge in [0.1, 0.15) is 18.2 Å². The Bertz CT molecular complexity index is 1120. The monoisotopic (exact) mass is 513 g/mol. The number of carbonyl (C=O) groups excluding carboxylic acids is 1. The van der Waals surface area contributed by atoms with E-state index in [2.05, 4.69) is 45.3 Å². The number of hydrogen-bond donors (Lipinski definition) is 2. The lowest BCUT2D eigenvalue weighted by atomic mass is 9.70. The van der Waals surface area contributed by atoms with Gasteiger partial charge < -0.3 is 10.6 Å². The van der Waals surface area contributed by atoms with Gasteiger partial charge in [-0.15, -0.1) is 0 Å². The highest BCUT2D eigenvalue weighted by molar-refractivity contribution is 6.26. The molecule has 38 heavy (non-hydrogen) atoms. The van der Waals surface area contributed by atoms with Gasteiger partial charge in [0, 0.05) is 11.2 Å². The molecule has 1 aliphatic rings. The minimum atomic E-state index is -0.478. The number of amides is 1. The first kappa shape index (κ1) is 30.7. The van der Waals surface area contributed by atoms with E-state index < -0.39 is 5.91 Å². The molecule has 2 atom stereocenters. The highest BCUT2D eigenvalue weighted by atomic mass is 16.2. The number of anilines is 1. The van der Waals surface area contributed by atoms with Crippen molar-refractivity contribution in [1.29, 1.82) is 15.8 Å². The molecule has 0 radical (unpaired) electrons. The first-order valence-corrected chi connectivity index (χ1v) is 14.2. The molecule has 6 heteroatoms. The van der Waals surface area contributed by atoms with Crippen molar-refractivity contribution in [2.75, 3.05) is 5.32 Å². The number of rotatable bonds is 15. The Labute approximate surface area is 229 Å². The van der Waals surface area contributed by atoms with Gasteiger partial charge in [0.05, 0.1) is 16.8 Å². The summed E-state index contributed by atoms with van der Waals surface area (Å²) in [5, 5.41) is 34.6. The molecule has 0 aliphatic carbocycles. The summed E-state index contributed by atoms with van der Waals surface area (Å²) in [7, 11) is 0. The van der Waals surface area contributed by atoms with Gasteiger partial charge in [-0.05, 0) is 55.7 Å². The van der Waals surface area contributed by atoms with Crippen LogP contribution in [0.2, 0.25) is 0 Å². The second kappa shape index (κ2) is 15.0. The molecular formula is C32H43N5O. The van der Waals surface area contributed by atoms with Crippen LogP contribution in [0.4, 0.5) is 5.69 Å². The topological polar surface area (TPSA) is 112 Å². The lowest BCUT2D eigenvalue weighted by molar-refractivity contribution is -0.114. The van der Waals surface area contributed by atoms with Crippen molar-refractivity contribution in [3.63, 3.8) is 0 Å². The first-order chi connectivity index (χ1) is 18.3. The predicted octanol–water partition coefficient (Wildman–Crippen LogP) is 7.78. The molecule has 1 aliphatic heterocycles. The zero-order valence-corrected chi connectivity index (χ0v) is 23.8. The normalized spacial score (nSPS) is 15.3. The Morgan fingerprint density at radius 3 is 2.00 bits per heavy atom. The van der Waals surface area contributed by atoms with Crippen LogP contribution in [0.3, 0.4) is 0 Å². The zero-order valence-electron chi connectivity index (χ0n) is 23.8. The predicted molar refractivity (Wildman–Crippen MR) is 153 cm³/mol. The van der Waals surface area contributed by atoms with Crippen LogP contribution in [0.25, 0.3) is 5.57 Å². The lowest BCUT2D eigenvalue weighted by Gasteiger charge is -2.45. The molecule has 0 fully saturated rings. The Balaban J connectivity index is 2.44. The minimum absolute atomic E-state index is 0.0112. The van der Waals surface area contributed by atoms with Crippen LogP contribution in [-0.4, -0.2) is 11.4 Å². The van der Waals surface area contributed by atoms with E-state index in [1.807, 2.05) is 30.3 Å². The molecule has 6 nitrogen and oxygen atoms in total. The zero-order chi connectivity index (χ0) is 28.1. The maximum Gasteiger partial charge on any atom is 0.257 e. The minimum Gasteiger partial charge on any atom is -0.379 e. The molecule has 2 unspecified atom stereocenters. The molecule has 1 amide bonds. The number of nitriles is 3. The standard InChI is InChI=1S/C32H43N5O/c1-6-9-12-13-23(4)32(5,26(14-10-7-2)15-11-8-3)37-27-18-16-24(17-19-27)29-28(22-35)30(36-31(29)38)25(20-33)21-34/h16-19,23,26,37H,6-15H2,1-5H3,(H,36,38). The first-order valence-electron chi connectivity index (χ1n) is 14.2. The Morgan fingerprint density at radius 1 is 0.921 bits per heavy atom. The quantitative estimate of drug-likeness (QED) is 0.184. The van der Waals surface area contributed by atoms with Gasteiger partial charge in [0.25, 0.3) is 5.91 Å². The van der Waals surface area contributed by atoms with Crippen LogP contribution in [-0.2, 0) is 4.79 Å². The van der Waals surface area contributed by atoms with Crippen LogP contribution < -0.4 is 10.6 Å². The van der Waals surface area contributed by atoms with Gasteiger partial charge in [0.2, 0.25) is 0 Å². The summed E-state index contributed by atoms with van der Waals surface area (Å²) >= 11 is 0. The van der Waals surface area contributed by atoms with Gasteiger partial charge in [-0.25, -0.2) is 0 Å². The fraction of sp³-hybridized carbons (Fsp3) is 0.562. The number of unbranched alkanes of at least 4 members (excludes halogenated alkanes) is 4. The molecular weight excluding hydrogens is 470 g/mol. The third-order valence-electron chi connectivity index (χ3n) is 8.06. The van der Waals surface area contributed by atoms with Gasteiger partial charge in [0.15, 0.2) is 5.57 Å². The highest BCUT2D eigenvalue weighted by Gasteiger charge is 2.38. The van der Waals surface area contributed by atoms with E-state index in [-0.39, 0.29) is 28.0 Å². The van der Waals surface area contributed by atoms with Crippen molar-refractivity contribution >= 4 is 17.2 Å². The number of hydrogen-bond acceptors (Lipinski definition) is 5. The van der Waals surface area contributed by atoms with E-state index in [0.29, 0.717) is 17.4 Å². The fourth-order valence-corrected chi connectivity index (χ4v) is 5.49. The van der Waals surface area contributed by atoms with Gasteiger partial charge in [-0.3, -0.25) is 4.79 Å². The highest BCUT2D eigenvalue weighted by Crippen LogP contribution is 2.39. The number of benzene rings is 1. The molecule has 1 aromatic rings. The molecule has 0 saturated heterocycles. The third kappa shape index (κ3) is 7.26. The molecule has 0 bridgehead atoms. The molecule has 0 spiro atoms. The van der Waals surface area contributed by atoms with E-state index in [0.717, 1.165) is 5.69 Å². The number of nitrogens with one attached hydrogen (secondary N) is 2. The second-order valence-corrected chi connectivity index (χ2v) is 10.7. The Hall–Kier alpha value is -3.56. The summed E-state index contributed by atoms with van der Waals surface area (Å²) in [5.41, 5.74) is 1.43. The van der Waals surface area contributed by atoms with Gasteiger partial charge >= 0.3 is 0 Å². The number of carbonyl (C=O) groups is 1. The lowest BCUT2D eigenvalue weighted by Crippen LogP contribution is -2.48. The summed E-state index contributed by atoms with van der Waals surface area (Å²) in [5.74, 6) is 0.563. The molecule has 202 valence electrons. The summed E-state index contributed by atoms with van der Waals surface area (Å²) in [4.78, 5) is 12.7. The van der Waals surface area contributed by atoms with E-state index >= 15 is 0 Å². The molecule has 2 N–H and O–H groups in total. The summed E-state index contributed by atoms with van der Waals surface area (Å²) in [6.07, 6.45) is 12.1. The summed E-state index contributed by atoms with van der Waals surface area (Å²) in [6, 6.07) is 13.1. The Kier molecular flexibility index (Phi) is 12.1. The van der Waals surface area contributed by atoms with E-state index in [1.54, 1.807) is 12.1 Å². The summed E-state index contributed by atoms with van der Waals surface area (Å²) in [6.45, 7) is 11.5. The maximum absolute atomic E-state index is 12.7. The smallest absolute Gasteiger partial charge is 0.257 e. The van der Waals surface area contributed by atoms with Crippen LogP contribution in [0.1, 0.15) is 104 Å². The molecule has 2 rings (SSSR count). The average molecular weight is 514 g/mol. The van der Waals surface area contributed by atoms with Crippen molar-refractivity contribution in [3.8, 4) is 18.2 Å². The average Bonchev–Trinajstić information content (AvgIpc) is 3.25. The summed E-state index contributed by atoms with van der Waals surface area (Å²) < 4.78 is 0. The largest absolute Gasteiger partial charge is 0.379 e. The van der Waals surface area contributed by atoms with Gasteiger partial charge in [-0.2, -0.15) is 15.8 Å². The van der Waals surface area contributed by atoms with E-state index in [1.165, 1.54) is 64.2 Å². The van der Waals surface area contributed by atoms with Crippen LogP contribution >= 0.6 is 0 Å².